The molecule has 0 aliphatic rings. The second-order valence-electron chi connectivity index (χ2n) is 4.20. The molecule has 0 unspecified atom stereocenters. The van der Waals surface area contributed by atoms with E-state index in [1.165, 1.54) is 4.68 Å². The van der Waals surface area contributed by atoms with E-state index in [9.17, 15) is 9.90 Å². The first-order valence-corrected chi connectivity index (χ1v) is 5.52. The van der Waals surface area contributed by atoms with Gasteiger partial charge in [-0.3, -0.25) is 0 Å². The van der Waals surface area contributed by atoms with Crippen LogP contribution in [0.15, 0.2) is 6.07 Å². The standard InChI is InChI=1S/C12H14N4O2/c1-6-5-7(2)13-11(10(6)12(17)18)16-9(4)14-8(3)15-16/h5H,1-4H3,(H,17,18). The van der Waals surface area contributed by atoms with Gasteiger partial charge in [-0.25, -0.2) is 14.8 Å². The Bertz CT molecular complexity index is 631. The van der Waals surface area contributed by atoms with Crippen LogP contribution in [0.25, 0.3) is 5.82 Å². The van der Waals surface area contributed by atoms with Gasteiger partial charge in [-0.2, -0.15) is 4.68 Å². The van der Waals surface area contributed by atoms with Gasteiger partial charge < -0.3 is 5.11 Å². The summed E-state index contributed by atoms with van der Waals surface area (Å²) in [5.74, 6) is 0.512. The van der Waals surface area contributed by atoms with Crippen molar-refractivity contribution in [1.82, 2.24) is 19.7 Å². The molecular weight excluding hydrogens is 232 g/mol. The molecule has 0 amide bonds. The van der Waals surface area contributed by atoms with Crippen LogP contribution in [-0.2, 0) is 0 Å². The van der Waals surface area contributed by atoms with Crippen molar-refractivity contribution in [3.8, 4) is 5.82 Å². The number of rotatable bonds is 2. The van der Waals surface area contributed by atoms with Gasteiger partial charge in [0.2, 0.25) is 0 Å². The molecule has 1 N–H and O–H groups in total. The van der Waals surface area contributed by atoms with Crippen LogP contribution in [0, 0.1) is 27.7 Å². The quantitative estimate of drug-likeness (QED) is 0.870. The van der Waals surface area contributed by atoms with Gasteiger partial charge in [0, 0.05) is 5.69 Å². The maximum atomic E-state index is 11.3. The Morgan fingerprint density at radius 2 is 1.89 bits per heavy atom. The summed E-state index contributed by atoms with van der Waals surface area (Å²) in [6, 6.07) is 1.74. The van der Waals surface area contributed by atoms with E-state index in [0.29, 0.717) is 23.0 Å². The van der Waals surface area contributed by atoms with Gasteiger partial charge in [0.25, 0.3) is 0 Å². The molecule has 18 heavy (non-hydrogen) atoms. The van der Waals surface area contributed by atoms with E-state index in [2.05, 4.69) is 15.1 Å². The third-order valence-corrected chi connectivity index (χ3v) is 2.61. The molecule has 0 fully saturated rings. The topological polar surface area (TPSA) is 80.9 Å². The largest absolute Gasteiger partial charge is 0.478 e. The van der Waals surface area contributed by atoms with E-state index >= 15 is 0 Å². The molecule has 2 rings (SSSR count). The highest BCUT2D eigenvalue weighted by Gasteiger charge is 2.19. The van der Waals surface area contributed by atoms with E-state index in [-0.39, 0.29) is 5.56 Å². The highest BCUT2D eigenvalue weighted by Crippen LogP contribution is 2.18. The van der Waals surface area contributed by atoms with Crippen LogP contribution in [0.2, 0.25) is 0 Å². The fourth-order valence-electron chi connectivity index (χ4n) is 1.96. The van der Waals surface area contributed by atoms with Gasteiger partial charge in [0.05, 0.1) is 0 Å². The summed E-state index contributed by atoms with van der Waals surface area (Å²) in [4.78, 5) is 19.8. The van der Waals surface area contributed by atoms with Crippen LogP contribution in [-0.4, -0.2) is 30.8 Å². The Kier molecular flexibility index (Phi) is 2.86. The first-order valence-electron chi connectivity index (χ1n) is 5.52. The predicted octanol–water partition coefficient (Wildman–Crippen LogP) is 1.59. The summed E-state index contributed by atoms with van der Waals surface area (Å²) in [7, 11) is 0. The summed E-state index contributed by atoms with van der Waals surface area (Å²) >= 11 is 0. The molecule has 0 saturated carbocycles. The highest BCUT2D eigenvalue weighted by atomic mass is 16.4. The van der Waals surface area contributed by atoms with E-state index in [1.807, 2.05) is 6.92 Å². The summed E-state index contributed by atoms with van der Waals surface area (Å²) in [5, 5.41) is 13.5. The molecule has 0 aliphatic carbocycles. The lowest BCUT2D eigenvalue weighted by Crippen LogP contribution is -2.13. The number of carbonyl (C=O) groups is 1. The molecule has 0 saturated heterocycles. The Morgan fingerprint density at radius 3 is 2.39 bits per heavy atom. The number of aromatic nitrogens is 4. The number of aryl methyl sites for hydroxylation is 4. The SMILES string of the molecule is Cc1cc(C)c(C(=O)O)c(-n2nc(C)nc2C)n1. The number of carboxylic acid groups (broad SMARTS) is 1. The van der Waals surface area contributed by atoms with Crippen LogP contribution in [0.5, 0.6) is 0 Å². The zero-order valence-electron chi connectivity index (χ0n) is 10.7. The zero-order valence-corrected chi connectivity index (χ0v) is 10.7. The van der Waals surface area contributed by atoms with Crippen LogP contribution in [0.1, 0.15) is 33.3 Å². The minimum Gasteiger partial charge on any atom is -0.478 e. The number of hydrogen-bond acceptors (Lipinski definition) is 4. The number of carboxylic acids is 1. The van der Waals surface area contributed by atoms with Gasteiger partial charge >= 0.3 is 5.97 Å². The van der Waals surface area contributed by atoms with Crippen molar-refractivity contribution in [3.05, 3.63) is 34.5 Å². The first kappa shape index (κ1) is 12.2. The summed E-state index contributed by atoms with van der Waals surface area (Å²) < 4.78 is 1.47. The summed E-state index contributed by atoms with van der Waals surface area (Å²) in [6.45, 7) is 7.10. The van der Waals surface area contributed by atoms with Crippen LogP contribution in [0.3, 0.4) is 0 Å². The molecule has 0 aliphatic heterocycles. The van der Waals surface area contributed by atoms with Crippen molar-refractivity contribution < 1.29 is 9.90 Å². The smallest absolute Gasteiger partial charge is 0.339 e. The molecule has 2 aromatic heterocycles. The number of hydrogen-bond donors (Lipinski definition) is 1. The van der Waals surface area contributed by atoms with Crippen molar-refractivity contribution in [1.29, 1.82) is 0 Å². The monoisotopic (exact) mass is 246 g/mol. The molecule has 0 bridgehead atoms. The van der Waals surface area contributed by atoms with E-state index in [0.717, 1.165) is 5.69 Å². The predicted molar refractivity (Wildman–Crippen MR) is 65.1 cm³/mol. The van der Waals surface area contributed by atoms with Crippen molar-refractivity contribution in [2.45, 2.75) is 27.7 Å². The van der Waals surface area contributed by atoms with Crippen molar-refractivity contribution in [3.63, 3.8) is 0 Å². The van der Waals surface area contributed by atoms with Gasteiger partial charge in [-0.05, 0) is 39.3 Å². The third-order valence-electron chi connectivity index (χ3n) is 2.61. The maximum absolute atomic E-state index is 11.3. The average molecular weight is 246 g/mol. The van der Waals surface area contributed by atoms with E-state index in [4.69, 9.17) is 0 Å². The van der Waals surface area contributed by atoms with Crippen molar-refractivity contribution in [2.24, 2.45) is 0 Å². The van der Waals surface area contributed by atoms with E-state index in [1.54, 1.807) is 26.8 Å². The fraction of sp³-hybridized carbons (Fsp3) is 0.333. The third kappa shape index (κ3) is 1.97. The maximum Gasteiger partial charge on any atom is 0.339 e. The molecule has 2 aromatic rings. The van der Waals surface area contributed by atoms with Crippen LogP contribution >= 0.6 is 0 Å². The molecule has 2 heterocycles. The van der Waals surface area contributed by atoms with Crippen molar-refractivity contribution >= 4 is 5.97 Å². The molecule has 6 heteroatoms. The second kappa shape index (κ2) is 4.21. The lowest BCUT2D eigenvalue weighted by Gasteiger charge is -2.10. The van der Waals surface area contributed by atoms with Crippen molar-refractivity contribution in [2.75, 3.05) is 0 Å². The zero-order chi connectivity index (χ0) is 13.4. The van der Waals surface area contributed by atoms with Gasteiger partial charge in [-0.15, -0.1) is 5.10 Å². The molecule has 0 aromatic carbocycles. The Labute approximate surface area is 104 Å². The minimum atomic E-state index is -1.01. The second-order valence-corrected chi connectivity index (χ2v) is 4.20. The van der Waals surface area contributed by atoms with Gasteiger partial charge in [0.15, 0.2) is 5.82 Å². The lowest BCUT2D eigenvalue weighted by molar-refractivity contribution is 0.0695. The number of nitrogens with zero attached hydrogens (tertiary/aromatic N) is 4. The summed E-state index contributed by atoms with van der Waals surface area (Å²) in [5.41, 5.74) is 1.58. The minimum absolute atomic E-state index is 0.161. The molecule has 0 atom stereocenters. The Morgan fingerprint density at radius 1 is 1.22 bits per heavy atom. The highest BCUT2D eigenvalue weighted by molar-refractivity contribution is 5.92. The van der Waals surface area contributed by atoms with Gasteiger partial charge in [0.1, 0.15) is 17.2 Å². The normalized spacial score (nSPS) is 10.7. The molecule has 94 valence electrons. The van der Waals surface area contributed by atoms with E-state index < -0.39 is 5.97 Å². The summed E-state index contributed by atoms with van der Waals surface area (Å²) in [6.07, 6.45) is 0. The Hall–Kier alpha value is -2.24. The molecule has 0 spiro atoms. The van der Waals surface area contributed by atoms with Gasteiger partial charge in [-0.1, -0.05) is 0 Å². The number of pyridine rings is 1. The average Bonchev–Trinajstić information content (AvgIpc) is 2.55. The first-order chi connectivity index (χ1) is 8.40. The van der Waals surface area contributed by atoms with Crippen LogP contribution < -0.4 is 0 Å². The fourth-order valence-corrected chi connectivity index (χ4v) is 1.96. The molecule has 6 nitrogen and oxygen atoms in total. The Balaban J connectivity index is 2.77. The number of aromatic carboxylic acids is 1. The molecule has 0 radical (unpaired) electrons. The molecular formula is C12H14N4O2. The lowest BCUT2D eigenvalue weighted by atomic mass is 10.1. The van der Waals surface area contributed by atoms with Crippen LogP contribution in [0.4, 0.5) is 0 Å².